The highest BCUT2D eigenvalue weighted by Crippen LogP contribution is 2.26. The number of carbonyl (C=O) groups is 1. The van der Waals surface area contributed by atoms with Crippen molar-refractivity contribution in [1.29, 1.82) is 0 Å². The maximum absolute atomic E-state index is 11.7. The van der Waals surface area contributed by atoms with Crippen molar-refractivity contribution < 1.29 is 4.79 Å². The van der Waals surface area contributed by atoms with Crippen LogP contribution in [0, 0.1) is 0 Å². The zero-order valence-corrected chi connectivity index (χ0v) is 12.1. The molecule has 0 amide bonds. The van der Waals surface area contributed by atoms with Crippen LogP contribution in [-0.2, 0) is 10.2 Å². The summed E-state index contributed by atoms with van der Waals surface area (Å²) in [5, 5.41) is 0. The lowest BCUT2D eigenvalue weighted by Gasteiger charge is -2.34. The summed E-state index contributed by atoms with van der Waals surface area (Å²) in [6.07, 6.45) is 6.28. The van der Waals surface area contributed by atoms with Crippen molar-refractivity contribution in [2.75, 3.05) is 13.1 Å². The van der Waals surface area contributed by atoms with Crippen LogP contribution < -0.4 is 0 Å². The van der Waals surface area contributed by atoms with E-state index in [1.165, 1.54) is 25.7 Å². The molecule has 1 heterocycles. The van der Waals surface area contributed by atoms with E-state index in [-0.39, 0.29) is 5.41 Å². The van der Waals surface area contributed by atoms with Gasteiger partial charge in [0.1, 0.15) is 6.29 Å². The molecule has 19 heavy (non-hydrogen) atoms. The van der Waals surface area contributed by atoms with E-state index in [1.807, 2.05) is 18.2 Å². The van der Waals surface area contributed by atoms with Gasteiger partial charge in [0, 0.05) is 12.6 Å². The Bertz CT molecular complexity index is 403. The van der Waals surface area contributed by atoms with Crippen LogP contribution in [0.15, 0.2) is 30.3 Å². The minimum atomic E-state index is -0.389. The fraction of sp³-hybridized carbons (Fsp3) is 0.588. The van der Waals surface area contributed by atoms with Gasteiger partial charge in [-0.05, 0) is 38.8 Å². The van der Waals surface area contributed by atoms with Crippen molar-refractivity contribution in [2.24, 2.45) is 0 Å². The largest absolute Gasteiger partial charge is 0.302 e. The monoisotopic (exact) mass is 259 g/mol. The first-order valence-electron chi connectivity index (χ1n) is 7.41. The lowest BCUT2D eigenvalue weighted by molar-refractivity contribution is -0.113. The second-order valence-corrected chi connectivity index (χ2v) is 6.07. The highest BCUT2D eigenvalue weighted by atomic mass is 16.1. The fourth-order valence-electron chi connectivity index (χ4n) is 3.01. The molecule has 1 aliphatic heterocycles. The lowest BCUT2D eigenvalue weighted by Crippen LogP contribution is -2.44. The quantitative estimate of drug-likeness (QED) is 0.772. The number of hydrogen-bond donors (Lipinski definition) is 0. The predicted molar refractivity (Wildman–Crippen MR) is 79.4 cm³/mol. The number of hydrogen-bond acceptors (Lipinski definition) is 2. The Morgan fingerprint density at radius 3 is 2.68 bits per heavy atom. The number of carbonyl (C=O) groups excluding carboxylic acids is 1. The molecule has 1 aromatic carbocycles. The number of benzene rings is 1. The van der Waals surface area contributed by atoms with Crippen molar-refractivity contribution in [1.82, 2.24) is 4.90 Å². The Kier molecular flexibility index (Phi) is 4.76. The Morgan fingerprint density at radius 2 is 2.00 bits per heavy atom. The summed E-state index contributed by atoms with van der Waals surface area (Å²) in [6, 6.07) is 10.8. The molecule has 0 radical (unpaired) electrons. The standard InChI is InChI=1S/C17H25NO/c1-15-9-5-4-8-12-18(15)13-17(2,14-19)16-10-6-3-7-11-16/h3,6-7,10-11,14-15H,4-5,8-9,12-13H2,1-2H3. The molecule has 0 spiro atoms. The van der Waals surface area contributed by atoms with Gasteiger partial charge in [-0.15, -0.1) is 0 Å². The molecule has 2 rings (SSSR count). The molecule has 1 saturated heterocycles. The Balaban J connectivity index is 2.15. The van der Waals surface area contributed by atoms with Gasteiger partial charge < -0.3 is 4.79 Å². The SMILES string of the molecule is CC1CCCCCN1CC(C)(C=O)c1ccccc1. The van der Waals surface area contributed by atoms with E-state index in [9.17, 15) is 4.79 Å². The zero-order valence-electron chi connectivity index (χ0n) is 12.1. The second-order valence-electron chi connectivity index (χ2n) is 6.07. The van der Waals surface area contributed by atoms with Gasteiger partial charge in [0.05, 0.1) is 5.41 Å². The minimum Gasteiger partial charge on any atom is -0.302 e. The third-order valence-electron chi connectivity index (χ3n) is 4.42. The van der Waals surface area contributed by atoms with Crippen LogP contribution in [0.1, 0.15) is 45.1 Å². The van der Waals surface area contributed by atoms with Gasteiger partial charge in [-0.3, -0.25) is 4.90 Å². The van der Waals surface area contributed by atoms with Crippen molar-refractivity contribution in [3.63, 3.8) is 0 Å². The number of nitrogens with zero attached hydrogens (tertiary/aromatic N) is 1. The van der Waals surface area contributed by atoms with E-state index >= 15 is 0 Å². The Hall–Kier alpha value is -1.15. The Morgan fingerprint density at radius 1 is 1.26 bits per heavy atom. The number of rotatable bonds is 4. The Labute approximate surface area is 116 Å². The van der Waals surface area contributed by atoms with E-state index in [4.69, 9.17) is 0 Å². The molecule has 2 unspecified atom stereocenters. The zero-order chi connectivity index (χ0) is 13.7. The first kappa shape index (κ1) is 14.3. The summed E-state index contributed by atoms with van der Waals surface area (Å²) >= 11 is 0. The molecule has 1 aromatic rings. The van der Waals surface area contributed by atoms with Crippen LogP contribution in [-0.4, -0.2) is 30.3 Å². The predicted octanol–water partition coefficient (Wildman–Crippen LogP) is 3.41. The first-order chi connectivity index (χ1) is 9.15. The molecule has 0 aromatic heterocycles. The normalized spacial score (nSPS) is 24.4. The molecular formula is C17H25NO. The van der Waals surface area contributed by atoms with Crippen molar-refractivity contribution >= 4 is 6.29 Å². The summed E-state index contributed by atoms with van der Waals surface area (Å²) in [7, 11) is 0. The molecule has 2 heteroatoms. The average Bonchev–Trinajstić information content (AvgIpc) is 2.65. The van der Waals surface area contributed by atoms with Crippen LogP contribution in [0.25, 0.3) is 0 Å². The highest BCUT2D eigenvalue weighted by Gasteiger charge is 2.30. The molecule has 0 N–H and O–H groups in total. The van der Waals surface area contributed by atoms with Crippen LogP contribution in [0.5, 0.6) is 0 Å². The molecule has 0 aliphatic carbocycles. The molecule has 1 fully saturated rings. The van der Waals surface area contributed by atoms with Crippen LogP contribution in [0.2, 0.25) is 0 Å². The number of aldehydes is 1. The van der Waals surface area contributed by atoms with Gasteiger partial charge in [0.25, 0.3) is 0 Å². The lowest BCUT2D eigenvalue weighted by atomic mass is 9.83. The van der Waals surface area contributed by atoms with E-state index in [0.717, 1.165) is 24.9 Å². The number of likely N-dealkylation sites (tertiary alicyclic amines) is 1. The van der Waals surface area contributed by atoms with Gasteiger partial charge in [-0.1, -0.05) is 43.2 Å². The smallest absolute Gasteiger partial charge is 0.131 e. The van der Waals surface area contributed by atoms with Crippen LogP contribution >= 0.6 is 0 Å². The maximum Gasteiger partial charge on any atom is 0.131 e. The molecule has 0 saturated carbocycles. The van der Waals surface area contributed by atoms with Crippen molar-refractivity contribution in [3.8, 4) is 0 Å². The molecular weight excluding hydrogens is 234 g/mol. The van der Waals surface area contributed by atoms with Gasteiger partial charge in [-0.25, -0.2) is 0 Å². The van der Waals surface area contributed by atoms with E-state index in [0.29, 0.717) is 6.04 Å². The first-order valence-corrected chi connectivity index (χ1v) is 7.41. The van der Waals surface area contributed by atoms with Crippen molar-refractivity contribution in [3.05, 3.63) is 35.9 Å². The summed E-state index contributed by atoms with van der Waals surface area (Å²) in [6.45, 7) is 6.31. The molecule has 1 aliphatic rings. The summed E-state index contributed by atoms with van der Waals surface area (Å²) < 4.78 is 0. The molecule has 2 nitrogen and oxygen atoms in total. The summed E-state index contributed by atoms with van der Waals surface area (Å²) in [5.74, 6) is 0. The third-order valence-corrected chi connectivity index (χ3v) is 4.42. The van der Waals surface area contributed by atoms with Crippen LogP contribution in [0.3, 0.4) is 0 Å². The fourth-order valence-corrected chi connectivity index (χ4v) is 3.01. The summed E-state index contributed by atoms with van der Waals surface area (Å²) in [5.41, 5.74) is 0.737. The van der Waals surface area contributed by atoms with Gasteiger partial charge in [-0.2, -0.15) is 0 Å². The van der Waals surface area contributed by atoms with Gasteiger partial charge >= 0.3 is 0 Å². The van der Waals surface area contributed by atoms with Gasteiger partial charge in [0.2, 0.25) is 0 Å². The maximum atomic E-state index is 11.7. The highest BCUT2D eigenvalue weighted by molar-refractivity contribution is 5.68. The second kappa shape index (κ2) is 6.33. The third kappa shape index (κ3) is 3.44. The minimum absolute atomic E-state index is 0.389. The molecule has 104 valence electrons. The summed E-state index contributed by atoms with van der Waals surface area (Å²) in [4.78, 5) is 14.2. The molecule has 0 bridgehead atoms. The van der Waals surface area contributed by atoms with Gasteiger partial charge in [0.15, 0.2) is 0 Å². The van der Waals surface area contributed by atoms with E-state index in [1.54, 1.807) is 0 Å². The van der Waals surface area contributed by atoms with E-state index < -0.39 is 0 Å². The molecule has 2 atom stereocenters. The van der Waals surface area contributed by atoms with Crippen molar-refractivity contribution in [2.45, 2.75) is 51.0 Å². The van der Waals surface area contributed by atoms with E-state index in [2.05, 4.69) is 30.9 Å². The topological polar surface area (TPSA) is 20.3 Å². The average molecular weight is 259 g/mol. The van der Waals surface area contributed by atoms with Crippen LogP contribution in [0.4, 0.5) is 0 Å².